The molecule has 0 bridgehead atoms. The molecule has 22 heavy (non-hydrogen) atoms. The number of pyridine rings is 1. The number of carbonyl (C=O) groups excluding carboxylic acids is 3. The molecule has 0 atom stereocenters. The summed E-state index contributed by atoms with van der Waals surface area (Å²) in [5, 5.41) is 3.32. The Morgan fingerprint density at radius 3 is 2.64 bits per heavy atom. The fourth-order valence-corrected chi connectivity index (χ4v) is 2.03. The number of amides is 3. The van der Waals surface area contributed by atoms with E-state index >= 15 is 0 Å². The average molecular weight is 300 g/mol. The summed E-state index contributed by atoms with van der Waals surface area (Å²) in [7, 11) is 0. The van der Waals surface area contributed by atoms with Crippen LogP contribution in [0.2, 0.25) is 0 Å². The van der Waals surface area contributed by atoms with Gasteiger partial charge in [-0.1, -0.05) is 18.2 Å². The second kappa shape index (κ2) is 6.77. The number of benzene rings is 1. The van der Waals surface area contributed by atoms with Crippen LogP contribution in [-0.2, 0) is 14.4 Å². The number of nitrogens with two attached hydrogens (primary N) is 1. The van der Waals surface area contributed by atoms with Gasteiger partial charge < -0.3 is 11.1 Å². The number of hydrogen-bond donors (Lipinski definition) is 2. The van der Waals surface area contributed by atoms with Crippen LogP contribution in [0.4, 0.5) is 5.69 Å². The molecule has 0 saturated heterocycles. The molecular weight excluding hydrogens is 284 g/mol. The molecule has 0 aliphatic heterocycles. The molecule has 2 rings (SSSR count). The number of para-hydroxylation sites is 1. The van der Waals surface area contributed by atoms with Crippen LogP contribution in [0.25, 0.3) is 10.9 Å². The van der Waals surface area contributed by atoms with Crippen LogP contribution < -0.4 is 11.1 Å². The van der Waals surface area contributed by atoms with Gasteiger partial charge in [0.2, 0.25) is 5.91 Å². The van der Waals surface area contributed by atoms with Crippen molar-refractivity contribution in [2.45, 2.75) is 6.92 Å². The summed E-state index contributed by atoms with van der Waals surface area (Å²) in [6.07, 6.45) is 1.59. The van der Waals surface area contributed by atoms with E-state index in [4.69, 9.17) is 5.73 Å². The van der Waals surface area contributed by atoms with Gasteiger partial charge in [0.15, 0.2) is 0 Å². The summed E-state index contributed by atoms with van der Waals surface area (Å²) in [5.41, 5.74) is 6.32. The van der Waals surface area contributed by atoms with Crippen molar-refractivity contribution in [3.63, 3.8) is 0 Å². The molecule has 7 heteroatoms. The normalized spacial score (nSPS) is 10.3. The van der Waals surface area contributed by atoms with Gasteiger partial charge in [0.25, 0.3) is 0 Å². The number of rotatable bonds is 3. The highest BCUT2D eigenvalue weighted by atomic mass is 16.2. The number of imide groups is 1. The van der Waals surface area contributed by atoms with Crippen LogP contribution in [0.15, 0.2) is 36.5 Å². The molecule has 0 aliphatic carbocycles. The highest BCUT2D eigenvalue weighted by Gasteiger charge is 2.25. The number of nitrogens with zero attached hydrogens (tertiary/aromatic N) is 2. The van der Waals surface area contributed by atoms with Crippen LogP contribution in [0.5, 0.6) is 0 Å². The number of anilines is 1. The first kappa shape index (κ1) is 15.6. The van der Waals surface area contributed by atoms with E-state index in [0.717, 1.165) is 10.3 Å². The molecule has 0 aliphatic rings. The van der Waals surface area contributed by atoms with Crippen LogP contribution in [0.3, 0.4) is 0 Å². The Hall–Kier alpha value is -2.80. The van der Waals surface area contributed by atoms with E-state index in [2.05, 4.69) is 10.3 Å². The third-order valence-corrected chi connectivity index (χ3v) is 3.05. The van der Waals surface area contributed by atoms with E-state index in [0.29, 0.717) is 11.2 Å². The van der Waals surface area contributed by atoms with Gasteiger partial charge in [-0.2, -0.15) is 0 Å². The Morgan fingerprint density at radius 2 is 1.95 bits per heavy atom. The Kier molecular flexibility index (Phi) is 4.80. The maximum absolute atomic E-state index is 12.1. The second-order valence-corrected chi connectivity index (χ2v) is 4.60. The smallest absolute Gasteiger partial charge is 0.318 e. The Balaban J connectivity index is 2.23. The third kappa shape index (κ3) is 3.26. The largest absolute Gasteiger partial charge is 0.329 e. The Labute approximate surface area is 127 Å². The molecule has 1 heterocycles. The number of fused-ring (bicyclic) bond motifs is 1. The zero-order valence-electron chi connectivity index (χ0n) is 12.1. The molecule has 0 saturated carbocycles. The first-order valence-corrected chi connectivity index (χ1v) is 6.72. The van der Waals surface area contributed by atoms with Crippen molar-refractivity contribution in [3.8, 4) is 0 Å². The van der Waals surface area contributed by atoms with E-state index in [1.165, 1.54) is 6.92 Å². The highest BCUT2D eigenvalue weighted by Crippen LogP contribution is 2.20. The van der Waals surface area contributed by atoms with Gasteiger partial charge in [0, 0.05) is 31.6 Å². The minimum atomic E-state index is -0.939. The number of carbonyl (C=O) groups is 3. The highest BCUT2D eigenvalue weighted by molar-refractivity contribution is 6.42. The Bertz CT molecular complexity index is 724. The molecule has 3 N–H and O–H groups in total. The third-order valence-electron chi connectivity index (χ3n) is 3.05. The average Bonchev–Trinajstić information content (AvgIpc) is 2.52. The van der Waals surface area contributed by atoms with Crippen molar-refractivity contribution in [1.82, 2.24) is 9.88 Å². The fraction of sp³-hybridized carbons (Fsp3) is 0.200. The van der Waals surface area contributed by atoms with Gasteiger partial charge >= 0.3 is 11.8 Å². The summed E-state index contributed by atoms with van der Waals surface area (Å²) in [5.74, 6) is -2.37. The minimum Gasteiger partial charge on any atom is -0.329 e. The zero-order valence-corrected chi connectivity index (χ0v) is 12.1. The molecule has 1 aromatic heterocycles. The van der Waals surface area contributed by atoms with Gasteiger partial charge in [-0.3, -0.25) is 24.3 Å². The molecule has 1 aromatic carbocycles. The summed E-state index contributed by atoms with van der Waals surface area (Å²) in [6, 6.07) is 8.85. The molecule has 3 amide bonds. The topological polar surface area (TPSA) is 105 Å². The molecule has 0 fully saturated rings. The summed E-state index contributed by atoms with van der Waals surface area (Å²) in [6.45, 7) is 1.30. The molecule has 2 aromatic rings. The Morgan fingerprint density at radius 1 is 1.23 bits per heavy atom. The van der Waals surface area contributed by atoms with Gasteiger partial charge in [-0.25, -0.2) is 0 Å². The van der Waals surface area contributed by atoms with Crippen LogP contribution in [0, 0.1) is 0 Å². The second-order valence-electron chi connectivity index (χ2n) is 4.60. The van der Waals surface area contributed by atoms with E-state index in [-0.39, 0.29) is 13.1 Å². The minimum absolute atomic E-state index is 0.00459. The molecular formula is C15H16N4O3. The summed E-state index contributed by atoms with van der Waals surface area (Å²) < 4.78 is 0. The lowest BCUT2D eigenvalue weighted by molar-refractivity contribution is -0.149. The molecule has 7 nitrogen and oxygen atoms in total. The standard InChI is InChI=1S/C15H16N4O3/c1-10(20)19(9-7-16)15(22)14(21)18-12-6-2-4-11-5-3-8-17-13(11)12/h2-6,8H,7,9,16H2,1H3,(H,18,21). The van der Waals surface area contributed by atoms with Gasteiger partial charge in [0.1, 0.15) is 0 Å². The van der Waals surface area contributed by atoms with Gasteiger partial charge in [-0.05, 0) is 12.1 Å². The van der Waals surface area contributed by atoms with Crippen LogP contribution in [-0.4, -0.2) is 40.7 Å². The van der Waals surface area contributed by atoms with E-state index in [9.17, 15) is 14.4 Å². The lowest BCUT2D eigenvalue weighted by Crippen LogP contribution is -2.44. The maximum Gasteiger partial charge on any atom is 0.318 e. The molecule has 0 radical (unpaired) electrons. The van der Waals surface area contributed by atoms with Gasteiger partial charge in [-0.15, -0.1) is 0 Å². The quantitative estimate of drug-likeness (QED) is 0.803. The van der Waals surface area contributed by atoms with Crippen LogP contribution >= 0.6 is 0 Å². The first-order valence-electron chi connectivity index (χ1n) is 6.72. The van der Waals surface area contributed by atoms with Crippen molar-refractivity contribution >= 4 is 34.3 Å². The van der Waals surface area contributed by atoms with E-state index in [1.54, 1.807) is 24.4 Å². The number of nitrogens with one attached hydrogen (secondary N) is 1. The molecule has 0 unspecified atom stereocenters. The SMILES string of the molecule is CC(=O)N(CCN)C(=O)C(=O)Nc1cccc2cccnc12. The van der Waals surface area contributed by atoms with Crippen LogP contribution in [0.1, 0.15) is 6.92 Å². The summed E-state index contributed by atoms with van der Waals surface area (Å²) in [4.78, 5) is 40.5. The lowest BCUT2D eigenvalue weighted by Gasteiger charge is -2.17. The molecule has 114 valence electrons. The van der Waals surface area contributed by atoms with E-state index in [1.807, 2.05) is 12.1 Å². The van der Waals surface area contributed by atoms with E-state index < -0.39 is 17.7 Å². The van der Waals surface area contributed by atoms with Crippen molar-refractivity contribution < 1.29 is 14.4 Å². The predicted molar refractivity (Wildman–Crippen MR) is 81.8 cm³/mol. The van der Waals surface area contributed by atoms with Crippen molar-refractivity contribution in [2.24, 2.45) is 5.73 Å². The van der Waals surface area contributed by atoms with Crippen molar-refractivity contribution in [3.05, 3.63) is 36.5 Å². The number of aromatic nitrogens is 1. The molecule has 0 spiro atoms. The lowest BCUT2D eigenvalue weighted by atomic mass is 10.2. The zero-order chi connectivity index (χ0) is 16.1. The predicted octanol–water partition coefficient (Wildman–Crippen LogP) is 0.507. The van der Waals surface area contributed by atoms with Crippen molar-refractivity contribution in [1.29, 1.82) is 0 Å². The fourth-order valence-electron chi connectivity index (χ4n) is 2.03. The first-order chi connectivity index (χ1) is 10.5. The number of hydrogen-bond acceptors (Lipinski definition) is 5. The van der Waals surface area contributed by atoms with Gasteiger partial charge in [0.05, 0.1) is 11.2 Å². The summed E-state index contributed by atoms with van der Waals surface area (Å²) >= 11 is 0. The monoisotopic (exact) mass is 300 g/mol. The maximum atomic E-state index is 12.1. The van der Waals surface area contributed by atoms with Crippen molar-refractivity contribution in [2.75, 3.05) is 18.4 Å².